The molecule has 2 aromatic carbocycles. The van der Waals surface area contributed by atoms with Crippen molar-refractivity contribution in [1.29, 1.82) is 0 Å². The van der Waals surface area contributed by atoms with Gasteiger partial charge in [0.05, 0.1) is 24.3 Å². The third-order valence-corrected chi connectivity index (χ3v) is 5.02. The molecule has 0 unspecified atom stereocenters. The van der Waals surface area contributed by atoms with Crippen LogP contribution in [-0.2, 0) is 16.0 Å². The van der Waals surface area contributed by atoms with Crippen LogP contribution in [0.15, 0.2) is 59.0 Å². The molecule has 0 bridgehead atoms. The van der Waals surface area contributed by atoms with Crippen LogP contribution in [0.25, 0.3) is 11.5 Å². The molecule has 7 heteroatoms. The van der Waals surface area contributed by atoms with Gasteiger partial charge in [0.1, 0.15) is 11.5 Å². The number of aromatic nitrogens is 1. The highest BCUT2D eigenvalue weighted by Crippen LogP contribution is 2.34. The van der Waals surface area contributed by atoms with E-state index in [1.54, 1.807) is 32.0 Å². The Morgan fingerprint density at radius 3 is 2.53 bits per heavy atom. The minimum Gasteiger partial charge on any atom is -0.476 e. The normalized spacial score (nSPS) is 15.3. The molecule has 1 aromatic heterocycles. The van der Waals surface area contributed by atoms with Crippen molar-refractivity contribution >= 4 is 17.5 Å². The number of hydrogen-bond acceptors (Lipinski definition) is 5. The molecular weight excluding hydrogens is 382 g/mol. The number of fused-ring (bicyclic) bond motifs is 1. The third kappa shape index (κ3) is 3.78. The molecule has 0 spiro atoms. The maximum atomic E-state index is 13.2. The molecule has 1 atom stereocenters. The molecule has 154 valence electrons. The molecule has 0 N–H and O–H groups in total. The van der Waals surface area contributed by atoms with Gasteiger partial charge in [0, 0.05) is 19.7 Å². The van der Waals surface area contributed by atoms with Gasteiger partial charge in [-0.3, -0.25) is 9.59 Å². The van der Waals surface area contributed by atoms with E-state index in [1.165, 1.54) is 4.90 Å². The fourth-order valence-electron chi connectivity index (χ4n) is 3.42. The van der Waals surface area contributed by atoms with Gasteiger partial charge in [0.2, 0.25) is 11.8 Å². The van der Waals surface area contributed by atoms with E-state index in [9.17, 15) is 9.59 Å². The molecule has 0 aliphatic carbocycles. The van der Waals surface area contributed by atoms with Crippen molar-refractivity contribution in [2.75, 3.05) is 25.5 Å². The van der Waals surface area contributed by atoms with Gasteiger partial charge in [-0.15, -0.1) is 0 Å². The Labute approximate surface area is 174 Å². The summed E-state index contributed by atoms with van der Waals surface area (Å²) >= 11 is 0. The summed E-state index contributed by atoms with van der Waals surface area (Å²) in [6, 6.07) is 16.8. The first-order valence-corrected chi connectivity index (χ1v) is 9.73. The summed E-state index contributed by atoms with van der Waals surface area (Å²) in [6.07, 6.45) is -0.684. The summed E-state index contributed by atoms with van der Waals surface area (Å²) in [5.41, 5.74) is 2.08. The Morgan fingerprint density at radius 1 is 1.10 bits per heavy atom. The summed E-state index contributed by atoms with van der Waals surface area (Å²) in [5.74, 6) is 1.24. The molecule has 4 rings (SSSR count). The van der Waals surface area contributed by atoms with E-state index in [4.69, 9.17) is 9.15 Å². The van der Waals surface area contributed by atoms with Gasteiger partial charge in [-0.25, -0.2) is 4.98 Å². The predicted molar refractivity (Wildman–Crippen MR) is 112 cm³/mol. The number of likely N-dealkylation sites (N-methyl/N-ethyl adjacent to an activating group) is 1. The van der Waals surface area contributed by atoms with E-state index in [0.717, 1.165) is 5.56 Å². The number of rotatable bonds is 4. The van der Waals surface area contributed by atoms with Gasteiger partial charge >= 0.3 is 0 Å². The molecule has 7 nitrogen and oxygen atoms in total. The highest BCUT2D eigenvalue weighted by atomic mass is 16.5. The number of ether oxygens (including phenoxy) is 1. The van der Waals surface area contributed by atoms with Crippen LogP contribution in [0.4, 0.5) is 5.69 Å². The number of nitrogens with zero attached hydrogens (tertiary/aromatic N) is 3. The Balaban J connectivity index is 1.60. The number of benzene rings is 2. The fraction of sp³-hybridized carbons (Fsp3) is 0.261. The molecule has 0 radical (unpaired) electrons. The maximum absolute atomic E-state index is 13.2. The van der Waals surface area contributed by atoms with E-state index < -0.39 is 6.10 Å². The first kappa shape index (κ1) is 19.7. The molecule has 0 fully saturated rings. The maximum Gasteiger partial charge on any atom is 0.265 e. The van der Waals surface area contributed by atoms with Gasteiger partial charge in [-0.1, -0.05) is 30.3 Å². The van der Waals surface area contributed by atoms with Gasteiger partial charge in [0.15, 0.2) is 6.10 Å². The molecule has 3 aromatic rings. The third-order valence-electron chi connectivity index (χ3n) is 5.02. The Morgan fingerprint density at radius 2 is 1.80 bits per heavy atom. The lowest BCUT2D eigenvalue weighted by atomic mass is 10.1. The molecule has 0 saturated carbocycles. The van der Waals surface area contributed by atoms with Gasteiger partial charge in [0.25, 0.3) is 5.91 Å². The van der Waals surface area contributed by atoms with Crippen LogP contribution in [0, 0.1) is 6.92 Å². The van der Waals surface area contributed by atoms with Crippen molar-refractivity contribution < 1.29 is 18.7 Å². The summed E-state index contributed by atoms with van der Waals surface area (Å²) in [7, 11) is 3.34. The van der Waals surface area contributed by atoms with Crippen LogP contribution < -0.4 is 9.64 Å². The van der Waals surface area contributed by atoms with Crippen molar-refractivity contribution in [1.82, 2.24) is 9.88 Å². The summed E-state index contributed by atoms with van der Waals surface area (Å²) < 4.78 is 11.6. The second kappa shape index (κ2) is 8.02. The number of carbonyl (C=O) groups excluding carboxylic acids is 2. The summed E-state index contributed by atoms with van der Waals surface area (Å²) in [6.45, 7) is 1.95. The van der Waals surface area contributed by atoms with Crippen LogP contribution in [0.2, 0.25) is 0 Å². The molecule has 0 saturated heterocycles. The van der Waals surface area contributed by atoms with Crippen LogP contribution in [0.5, 0.6) is 5.75 Å². The quantitative estimate of drug-likeness (QED) is 0.667. The number of oxazole rings is 1. The molecule has 2 amide bonds. The zero-order valence-electron chi connectivity index (χ0n) is 17.2. The second-order valence-corrected chi connectivity index (χ2v) is 7.38. The topological polar surface area (TPSA) is 75.9 Å². The van der Waals surface area contributed by atoms with Gasteiger partial charge in [-0.2, -0.15) is 0 Å². The number of aryl methyl sites for hydroxylation is 1. The number of para-hydroxylation sites is 2. The molecule has 2 heterocycles. The average Bonchev–Trinajstić information content (AvgIpc) is 3.13. The van der Waals surface area contributed by atoms with Crippen molar-refractivity contribution in [3.63, 3.8) is 0 Å². The lowest BCUT2D eigenvalue weighted by Gasteiger charge is -2.35. The van der Waals surface area contributed by atoms with E-state index >= 15 is 0 Å². The minimum absolute atomic E-state index is 0.0688. The van der Waals surface area contributed by atoms with E-state index in [1.807, 2.05) is 48.5 Å². The van der Waals surface area contributed by atoms with Crippen molar-refractivity contribution in [3.8, 4) is 17.2 Å². The van der Waals surface area contributed by atoms with Crippen LogP contribution in [0.3, 0.4) is 0 Å². The second-order valence-electron chi connectivity index (χ2n) is 7.38. The largest absolute Gasteiger partial charge is 0.476 e. The fourth-order valence-corrected chi connectivity index (χ4v) is 3.42. The van der Waals surface area contributed by atoms with E-state index in [2.05, 4.69) is 4.98 Å². The zero-order valence-corrected chi connectivity index (χ0v) is 17.2. The predicted octanol–water partition coefficient (Wildman–Crippen LogP) is 3.07. The zero-order chi connectivity index (χ0) is 21.3. The lowest BCUT2D eigenvalue weighted by Crippen LogP contribution is -2.50. The minimum atomic E-state index is -0.753. The Kier molecular flexibility index (Phi) is 5.27. The summed E-state index contributed by atoms with van der Waals surface area (Å²) in [4.78, 5) is 33.3. The van der Waals surface area contributed by atoms with Crippen molar-refractivity contribution in [3.05, 3.63) is 66.1 Å². The lowest BCUT2D eigenvalue weighted by molar-refractivity contribution is -0.136. The first-order chi connectivity index (χ1) is 14.4. The highest BCUT2D eigenvalue weighted by Gasteiger charge is 2.34. The molecule has 30 heavy (non-hydrogen) atoms. The number of anilines is 1. The smallest absolute Gasteiger partial charge is 0.265 e. The average molecular weight is 405 g/mol. The number of amides is 2. The molecular formula is C23H23N3O4. The SMILES string of the molecule is Cc1oc(-c2ccccc2)nc1CC(=O)N1C[C@@H](C(=O)N(C)C)Oc2ccccc21. The van der Waals surface area contributed by atoms with Crippen molar-refractivity contribution in [2.45, 2.75) is 19.4 Å². The Hall–Kier alpha value is -3.61. The van der Waals surface area contributed by atoms with E-state index in [-0.39, 0.29) is 24.8 Å². The number of carbonyl (C=O) groups is 2. The van der Waals surface area contributed by atoms with Crippen LogP contribution >= 0.6 is 0 Å². The first-order valence-electron chi connectivity index (χ1n) is 9.73. The van der Waals surface area contributed by atoms with Gasteiger partial charge < -0.3 is 19.0 Å². The van der Waals surface area contributed by atoms with E-state index in [0.29, 0.717) is 28.8 Å². The standard InChI is InChI=1S/C23H23N3O4/c1-15-17(24-22(29-15)16-9-5-4-6-10-16)13-21(27)26-14-20(23(28)25(2)3)30-19-12-8-7-11-18(19)26/h4-12,20H,13-14H2,1-3H3/t20-/m0/s1. The molecule has 1 aliphatic rings. The monoisotopic (exact) mass is 405 g/mol. The van der Waals surface area contributed by atoms with Gasteiger partial charge in [-0.05, 0) is 31.2 Å². The summed E-state index contributed by atoms with van der Waals surface area (Å²) in [5, 5.41) is 0. The Bertz CT molecular complexity index is 1080. The highest BCUT2D eigenvalue weighted by molar-refractivity contribution is 5.98. The molecule has 1 aliphatic heterocycles. The van der Waals surface area contributed by atoms with Crippen LogP contribution in [0.1, 0.15) is 11.5 Å². The van der Waals surface area contributed by atoms with Crippen LogP contribution in [-0.4, -0.2) is 48.4 Å². The van der Waals surface area contributed by atoms with Crippen molar-refractivity contribution in [2.24, 2.45) is 0 Å². The number of hydrogen-bond donors (Lipinski definition) is 0.